The van der Waals surface area contributed by atoms with Crippen LogP contribution >= 0.6 is 11.3 Å². The maximum atomic E-state index is 13.3. The van der Waals surface area contributed by atoms with Crippen LogP contribution in [0.1, 0.15) is 46.1 Å². The molecular formula is C27H27F3N4O2S. The molecule has 2 N–H and O–H groups in total. The highest BCUT2D eigenvalue weighted by Gasteiger charge is 2.41. The van der Waals surface area contributed by atoms with Crippen LogP contribution in [0.5, 0.6) is 0 Å². The van der Waals surface area contributed by atoms with Crippen LogP contribution in [0.15, 0.2) is 53.0 Å². The summed E-state index contributed by atoms with van der Waals surface area (Å²) < 4.78 is 44.9. The summed E-state index contributed by atoms with van der Waals surface area (Å²) in [6, 6.07) is 8.96. The van der Waals surface area contributed by atoms with E-state index in [2.05, 4.69) is 17.0 Å². The molecule has 0 saturated carbocycles. The van der Waals surface area contributed by atoms with Gasteiger partial charge in [-0.3, -0.25) is 14.6 Å². The number of carbonyl (C=O) groups excluding carboxylic acids is 1. The molecule has 1 aromatic carbocycles. The van der Waals surface area contributed by atoms with Crippen molar-refractivity contribution >= 4 is 22.8 Å². The molecule has 0 unspecified atom stereocenters. The van der Waals surface area contributed by atoms with Crippen LogP contribution in [-0.2, 0) is 22.3 Å². The Morgan fingerprint density at radius 2 is 1.89 bits per heavy atom. The number of benzene rings is 1. The van der Waals surface area contributed by atoms with Gasteiger partial charge in [-0.1, -0.05) is 0 Å². The van der Waals surface area contributed by atoms with Gasteiger partial charge >= 0.3 is 6.18 Å². The number of anilines is 1. The molecule has 0 radical (unpaired) electrons. The molecule has 194 valence electrons. The van der Waals surface area contributed by atoms with Crippen molar-refractivity contribution in [2.75, 3.05) is 31.2 Å². The van der Waals surface area contributed by atoms with E-state index in [4.69, 9.17) is 10.5 Å². The molecule has 1 saturated heterocycles. The number of Topliss-reactive ketones (excluding diaryl/α,β-unsaturated/α-hetero) is 1. The van der Waals surface area contributed by atoms with Gasteiger partial charge in [0.25, 0.3) is 0 Å². The average Bonchev–Trinajstić information content (AvgIpc) is 3.23. The highest BCUT2D eigenvalue weighted by atomic mass is 32.1. The van der Waals surface area contributed by atoms with Gasteiger partial charge in [0.2, 0.25) is 0 Å². The van der Waals surface area contributed by atoms with Gasteiger partial charge in [-0.2, -0.15) is 18.4 Å². The Labute approximate surface area is 217 Å². The predicted octanol–water partition coefficient (Wildman–Crippen LogP) is 5.21. The van der Waals surface area contributed by atoms with Crippen LogP contribution in [0, 0.1) is 18.3 Å². The lowest BCUT2D eigenvalue weighted by Gasteiger charge is -2.39. The zero-order valence-electron chi connectivity index (χ0n) is 20.4. The number of ether oxygens (including phenoxy) is 1. The first-order chi connectivity index (χ1) is 17.7. The summed E-state index contributed by atoms with van der Waals surface area (Å²) in [4.78, 5) is 19.2. The Kier molecular flexibility index (Phi) is 6.88. The van der Waals surface area contributed by atoms with E-state index in [0.29, 0.717) is 49.4 Å². The molecule has 6 nitrogen and oxygen atoms in total. The first-order valence-electron chi connectivity index (χ1n) is 12.2. The Hall–Kier alpha value is -3.13. The van der Waals surface area contributed by atoms with Crippen molar-refractivity contribution < 1.29 is 22.7 Å². The smallest absolute Gasteiger partial charge is 0.384 e. The third kappa shape index (κ3) is 4.79. The van der Waals surface area contributed by atoms with Crippen molar-refractivity contribution in [3.05, 3.63) is 73.9 Å². The number of hydrogen-bond donors (Lipinski definition) is 1. The quantitative estimate of drug-likeness (QED) is 0.587. The van der Waals surface area contributed by atoms with Gasteiger partial charge < -0.3 is 10.5 Å². The fourth-order valence-corrected chi connectivity index (χ4v) is 6.47. The Morgan fingerprint density at radius 3 is 2.54 bits per heavy atom. The number of nitrogens with zero attached hydrogens (tertiary/aromatic N) is 3. The number of aryl methyl sites for hydroxylation is 1. The lowest BCUT2D eigenvalue weighted by Crippen LogP contribution is -2.38. The third-order valence-electron chi connectivity index (χ3n) is 7.19. The summed E-state index contributed by atoms with van der Waals surface area (Å²) in [6.07, 6.45) is -2.95. The van der Waals surface area contributed by atoms with Crippen LogP contribution in [0.2, 0.25) is 0 Å². The average molecular weight is 529 g/mol. The van der Waals surface area contributed by atoms with Crippen LogP contribution in [0.25, 0.3) is 0 Å². The van der Waals surface area contributed by atoms with Crippen molar-refractivity contribution in [1.82, 2.24) is 4.90 Å². The van der Waals surface area contributed by atoms with E-state index in [1.807, 2.05) is 6.92 Å². The normalized spacial score (nSPS) is 21.3. The van der Waals surface area contributed by atoms with Gasteiger partial charge in [-0.05, 0) is 55.7 Å². The van der Waals surface area contributed by atoms with E-state index in [1.165, 1.54) is 12.1 Å². The second kappa shape index (κ2) is 9.97. The molecule has 0 spiro atoms. The van der Waals surface area contributed by atoms with Crippen molar-refractivity contribution in [3.63, 3.8) is 0 Å². The number of nitriles is 1. The minimum absolute atomic E-state index is 0.0517. The Bertz CT molecular complexity index is 1310. The van der Waals surface area contributed by atoms with Crippen LogP contribution in [0.4, 0.5) is 18.9 Å². The van der Waals surface area contributed by atoms with Crippen molar-refractivity contribution in [1.29, 1.82) is 5.26 Å². The zero-order chi connectivity index (χ0) is 26.3. The minimum atomic E-state index is -4.47. The SMILES string of the molecule is Cc1sc([C@H]2C(C#N)=C(N)N(c3ccc(C(F)(F)F)cc3)C3=C2C(=O)CCC3)cc1CN1CCOCC1. The number of morpholine rings is 1. The van der Waals surface area contributed by atoms with Gasteiger partial charge in [0, 0.05) is 52.8 Å². The molecule has 10 heteroatoms. The standard InChI is InChI=1S/C27H27F3N4O2S/c1-16-17(15-33-9-11-36-12-10-33)13-23(37-16)24-20(14-31)26(32)34(21-3-2-4-22(35)25(21)24)19-7-5-18(6-8-19)27(28,29)30/h5-8,13,24H,2-4,9-12,15,32H2,1H3/t24-/m1/s1. The molecule has 2 aliphatic heterocycles. The number of nitrogens with two attached hydrogens (primary N) is 1. The molecule has 5 rings (SSSR count). The second-order valence-corrected chi connectivity index (χ2v) is 10.8. The summed E-state index contributed by atoms with van der Waals surface area (Å²) in [5.74, 6) is -0.480. The van der Waals surface area contributed by atoms with Gasteiger partial charge in [-0.15, -0.1) is 11.3 Å². The summed E-state index contributed by atoms with van der Waals surface area (Å²) in [5.41, 5.74) is 8.77. The first kappa shape index (κ1) is 25.5. The molecule has 0 amide bonds. The number of ketones is 1. The van der Waals surface area contributed by atoms with E-state index < -0.39 is 17.7 Å². The number of halogens is 3. The van der Waals surface area contributed by atoms with E-state index >= 15 is 0 Å². The molecule has 1 aromatic heterocycles. The van der Waals surface area contributed by atoms with Crippen molar-refractivity contribution in [2.45, 2.75) is 44.8 Å². The second-order valence-electron chi connectivity index (χ2n) is 9.48. The summed E-state index contributed by atoms with van der Waals surface area (Å²) >= 11 is 1.56. The highest BCUT2D eigenvalue weighted by Crippen LogP contribution is 2.48. The zero-order valence-corrected chi connectivity index (χ0v) is 21.2. The molecule has 0 bridgehead atoms. The molecule has 1 atom stereocenters. The van der Waals surface area contributed by atoms with Gasteiger partial charge in [-0.25, -0.2) is 0 Å². The fourth-order valence-electron chi connectivity index (χ4n) is 5.31. The topological polar surface area (TPSA) is 82.6 Å². The molecule has 1 fully saturated rings. The van der Waals surface area contributed by atoms with Gasteiger partial charge in [0.1, 0.15) is 5.82 Å². The van der Waals surface area contributed by atoms with Gasteiger partial charge in [0.05, 0.1) is 36.3 Å². The van der Waals surface area contributed by atoms with Crippen LogP contribution < -0.4 is 10.6 Å². The number of thiophene rings is 1. The predicted molar refractivity (Wildman–Crippen MR) is 135 cm³/mol. The maximum absolute atomic E-state index is 13.3. The summed E-state index contributed by atoms with van der Waals surface area (Å²) in [5, 5.41) is 10.2. The number of rotatable bonds is 4. The third-order valence-corrected chi connectivity index (χ3v) is 8.35. The molecule has 3 heterocycles. The van der Waals surface area contributed by atoms with Gasteiger partial charge in [0.15, 0.2) is 5.78 Å². The van der Waals surface area contributed by atoms with E-state index in [1.54, 1.807) is 16.2 Å². The van der Waals surface area contributed by atoms with Crippen molar-refractivity contribution in [3.8, 4) is 6.07 Å². The number of alkyl halides is 3. The van der Waals surface area contributed by atoms with E-state index in [0.717, 1.165) is 47.1 Å². The highest BCUT2D eigenvalue weighted by molar-refractivity contribution is 7.12. The number of allylic oxidation sites excluding steroid dienone is 3. The Morgan fingerprint density at radius 1 is 1.19 bits per heavy atom. The molecule has 3 aliphatic rings. The molecular weight excluding hydrogens is 501 g/mol. The van der Waals surface area contributed by atoms with E-state index in [9.17, 15) is 23.2 Å². The van der Waals surface area contributed by atoms with Crippen LogP contribution in [-0.4, -0.2) is 37.0 Å². The minimum Gasteiger partial charge on any atom is -0.384 e. The lowest BCUT2D eigenvalue weighted by atomic mass is 9.78. The fraction of sp³-hybridized carbons (Fsp3) is 0.407. The number of hydrogen-bond acceptors (Lipinski definition) is 7. The van der Waals surface area contributed by atoms with E-state index in [-0.39, 0.29) is 17.2 Å². The number of carbonyl (C=O) groups is 1. The molecule has 1 aliphatic carbocycles. The maximum Gasteiger partial charge on any atom is 0.416 e. The van der Waals surface area contributed by atoms with Crippen molar-refractivity contribution in [2.24, 2.45) is 5.73 Å². The monoisotopic (exact) mass is 528 g/mol. The first-order valence-corrected chi connectivity index (χ1v) is 13.0. The summed E-state index contributed by atoms with van der Waals surface area (Å²) in [6.45, 7) is 5.89. The molecule has 37 heavy (non-hydrogen) atoms. The summed E-state index contributed by atoms with van der Waals surface area (Å²) in [7, 11) is 0. The Balaban J connectivity index is 1.57. The molecule has 2 aromatic rings. The lowest BCUT2D eigenvalue weighted by molar-refractivity contribution is -0.137. The van der Waals surface area contributed by atoms with Crippen LogP contribution in [0.3, 0.4) is 0 Å². The largest absolute Gasteiger partial charge is 0.416 e.